The highest BCUT2D eigenvalue weighted by molar-refractivity contribution is 4.73. The van der Waals surface area contributed by atoms with Crippen LogP contribution in [0.2, 0.25) is 0 Å². The maximum Gasteiger partial charge on any atom is 0.00388 e. The molecule has 0 saturated carbocycles. The van der Waals surface area contributed by atoms with Crippen LogP contribution in [0.5, 0.6) is 0 Å². The van der Waals surface area contributed by atoms with Crippen LogP contribution in [0.15, 0.2) is 0 Å². The van der Waals surface area contributed by atoms with E-state index in [1.165, 1.54) is 51.7 Å². The van der Waals surface area contributed by atoms with E-state index in [1.54, 1.807) is 0 Å². The molecule has 0 amide bonds. The first-order valence-electron chi connectivity index (χ1n) is 6.64. The first kappa shape index (κ1) is 13.0. The highest BCUT2D eigenvalue weighted by Crippen LogP contribution is 2.14. The van der Waals surface area contributed by atoms with Gasteiger partial charge in [-0.2, -0.15) is 0 Å². The molecule has 1 rings (SSSR count). The molecule has 90 valence electrons. The molecular weight excluding hydrogens is 184 g/mol. The summed E-state index contributed by atoms with van der Waals surface area (Å²) >= 11 is 0. The van der Waals surface area contributed by atoms with Crippen molar-refractivity contribution < 1.29 is 0 Å². The standard InChI is InChI=1S/C13H28N2/c1-4-5-7-12(2)14-10-13-8-6-9-15(3)11-13/h12-14H,4-11H2,1-3H3. The van der Waals surface area contributed by atoms with Crippen molar-refractivity contribution in [1.29, 1.82) is 0 Å². The van der Waals surface area contributed by atoms with E-state index in [4.69, 9.17) is 0 Å². The first-order chi connectivity index (χ1) is 7.22. The van der Waals surface area contributed by atoms with Gasteiger partial charge in [0.2, 0.25) is 0 Å². The molecule has 0 aromatic rings. The third-order valence-electron chi connectivity index (χ3n) is 3.47. The van der Waals surface area contributed by atoms with Crippen LogP contribution in [-0.4, -0.2) is 37.6 Å². The Kier molecular flexibility index (Phi) is 6.26. The maximum absolute atomic E-state index is 3.68. The summed E-state index contributed by atoms with van der Waals surface area (Å²) in [5.74, 6) is 0.882. The van der Waals surface area contributed by atoms with Gasteiger partial charge in [0, 0.05) is 12.6 Å². The largest absolute Gasteiger partial charge is 0.314 e. The van der Waals surface area contributed by atoms with E-state index >= 15 is 0 Å². The third-order valence-corrected chi connectivity index (χ3v) is 3.47. The summed E-state index contributed by atoms with van der Waals surface area (Å²) in [4.78, 5) is 2.46. The highest BCUT2D eigenvalue weighted by Gasteiger charge is 2.17. The van der Waals surface area contributed by atoms with E-state index in [2.05, 4.69) is 31.1 Å². The lowest BCUT2D eigenvalue weighted by Gasteiger charge is -2.30. The third kappa shape index (κ3) is 5.53. The van der Waals surface area contributed by atoms with Gasteiger partial charge in [-0.3, -0.25) is 0 Å². The zero-order chi connectivity index (χ0) is 11.1. The molecule has 0 aromatic carbocycles. The molecule has 2 atom stereocenters. The fourth-order valence-electron chi connectivity index (χ4n) is 2.42. The lowest BCUT2D eigenvalue weighted by molar-refractivity contribution is 0.202. The van der Waals surface area contributed by atoms with Crippen LogP contribution in [0.3, 0.4) is 0 Å². The number of nitrogens with zero attached hydrogens (tertiary/aromatic N) is 1. The molecule has 1 aliphatic rings. The SMILES string of the molecule is CCCCC(C)NCC1CCCN(C)C1. The molecule has 0 spiro atoms. The second kappa shape index (κ2) is 7.24. The minimum atomic E-state index is 0.706. The lowest BCUT2D eigenvalue weighted by atomic mass is 9.98. The number of nitrogens with one attached hydrogen (secondary N) is 1. The molecule has 0 aromatic heterocycles. The Morgan fingerprint density at radius 3 is 2.93 bits per heavy atom. The summed E-state index contributed by atoms with van der Waals surface area (Å²) in [5, 5.41) is 3.68. The second-order valence-electron chi connectivity index (χ2n) is 5.22. The van der Waals surface area contributed by atoms with Crippen molar-refractivity contribution in [2.24, 2.45) is 5.92 Å². The van der Waals surface area contributed by atoms with Gasteiger partial charge in [0.05, 0.1) is 0 Å². The van der Waals surface area contributed by atoms with E-state index in [0.717, 1.165) is 5.92 Å². The van der Waals surface area contributed by atoms with Crippen LogP contribution in [0.25, 0.3) is 0 Å². The lowest BCUT2D eigenvalue weighted by Crippen LogP contribution is -2.39. The molecular formula is C13H28N2. The molecule has 1 heterocycles. The molecule has 0 radical (unpaired) electrons. The van der Waals surface area contributed by atoms with Crippen molar-refractivity contribution in [3.8, 4) is 0 Å². The van der Waals surface area contributed by atoms with Gasteiger partial charge in [0.25, 0.3) is 0 Å². The molecule has 1 N–H and O–H groups in total. The summed E-state index contributed by atoms with van der Waals surface area (Å²) in [5.41, 5.74) is 0. The fourth-order valence-corrected chi connectivity index (χ4v) is 2.42. The second-order valence-corrected chi connectivity index (χ2v) is 5.22. The zero-order valence-electron chi connectivity index (χ0n) is 10.8. The zero-order valence-corrected chi connectivity index (χ0v) is 10.8. The quantitative estimate of drug-likeness (QED) is 0.728. The van der Waals surface area contributed by atoms with Crippen LogP contribution >= 0.6 is 0 Å². The Hall–Kier alpha value is -0.0800. The maximum atomic E-state index is 3.68. The molecule has 2 unspecified atom stereocenters. The van der Waals surface area contributed by atoms with Gasteiger partial charge >= 0.3 is 0 Å². The van der Waals surface area contributed by atoms with E-state index in [1.807, 2.05) is 0 Å². The smallest absolute Gasteiger partial charge is 0.00388 e. The number of hydrogen-bond donors (Lipinski definition) is 1. The number of unbranched alkanes of at least 4 members (excludes halogenated alkanes) is 1. The number of piperidine rings is 1. The Bertz CT molecular complexity index is 159. The number of rotatable bonds is 6. The predicted molar refractivity (Wildman–Crippen MR) is 67.2 cm³/mol. The van der Waals surface area contributed by atoms with E-state index in [0.29, 0.717) is 6.04 Å². The Morgan fingerprint density at radius 2 is 2.27 bits per heavy atom. The van der Waals surface area contributed by atoms with Gasteiger partial charge in [-0.15, -0.1) is 0 Å². The topological polar surface area (TPSA) is 15.3 Å². The van der Waals surface area contributed by atoms with Crippen molar-refractivity contribution >= 4 is 0 Å². The Labute approximate surface area is 95.4 Å². The summed E-state index contributed by atoms with van der Waals surface area (Å²) in [6.07, 6.45) is 6.81. The van der Waals surface area contributed by atoms with Crippen LogP contribution in [-0.2, 0) is 0 Å². The molecule has 2 heteroatoms. The van der Waals surface area contributed by atoms with E-state index < -0.39 is 0 Å². The average Bonchev–Trinajstić information content (AvgIpc) is 2.23. The van der Waals surface area contributed by atoms with Crippen molar-refractivity contribution in [1.82, 2.24) is 10.2 Å². The molecule has 15 heavy (non-hydrogen) atoms. The van der Waals surface area contributed by atoms with Gasteiger partial charge in [-0.1, -0.05) is 19.8 Å². The van der Waals surface area contributed by atoms with Crippen LogP contribution < -0.4 is 5.32 Å². The molecule has 1 aliphatic heterocycles. The summed E-state index contributed by atoms with van der Waals surface area (Å²) in [7, 11) is 2.24. The van der Waals surface area contributed by atoms with Crippen LogP contribution in [0, 0.1) is 5.92 Å². The van der Waals surface area contributed by atoms with Crippen LogP contribution in [0.1, 0.15) is 46.0 Å². The average molecular weight is 212 g/mol. The van der Waals surface area contributed by atoms with Crippen molar-refractivity contribution in [3.05, 3.63) is 0 Å². The van der Waals surface area contributed by atoms with Gasteiger partial charge in [0.1, 0.15) is 0 Å². The number of hydrogen-bond acceptors (Lipinski definition) is 2. The summed E-state index contributed by atoms with van der Waals surface area (Å²) in [6.45, 7) is 8.38. The molecule has 0 aliphatic carbocycles. The first-order valence-corrected chi connectivity index (χ1v) is 6.64. The normalized spacial score (nSPS) is 25.4. The monoisotopic (exact) mass is 212 g/mol. The van der Waals surface area contributed by atoms with E-state index in [-0.39, 0.29) is 0 Å². The highest BCUT2D eigenvalue weighted by atomic mass is 15.1. The van der Waals surface area contributed by atoms with Gasteiger partial charge < -0.3 is 10.2 Å². The molecule has 1 fully saturated rings. The molecule has 0 bridgehead atoms. The minimum Gasteiger partial charge on any atom is -0.314 e. The van der Waals surface area contributed by atoms with Gasteiger partial charge in [-0.25, -0.2) is 0 Å². The molecule has 1 saturated heterocycles. The van der Waals surface area contributed by atoms with Crippen LogP contribution in [0.4, 0.5) is 0 Å². The Morgan fingerprint density at radius 1 is 1.47 bits per heavy atom. The number of likely N-dealkylation sites (tertiary alicyclic amines) is 1. The van der Waals surface area contributed by atoms with Crippen molar-refractivity contribution in [2.75, 3.05) is 26.7 Å². The van der Waals surface area contributed by atoms with Crippen molar-refractivity contribution in [3.63, 3.8) is 0 Å². The van der Waals surface area contributed by atoms with Gasteiger partial charge in [0.15, 0.2) is 0 Å². The molecule has 2 nitrogen and oxygen atoms in total. The predicted octanol–water partition coefficient (Wildman–Crippen LogP) is 2.50. The summed E-state index contributed by atoms with van der Waals surface area (Å²) < 4.78 is 0. The Balaban J connectivity index is 2.07. The van der Waals surface area contributed by atoms with Crippen molar-refractivity contribution in [2.45, 2.75) is 52.0 Å². The van der Waals surface area contributed by atoms with Gasteiger partial charge in [-0.05, 0) is 52.2 Å². The minimum absolute atomic E-state index is 0.706. The van der Waals surface area contributed by atoms with E-state index in [9.17, 15) is 0 Å². The summed E-state index contributed by atoms with van der Waals surface area (Å²) in [6, 6.07) is 0.706. The fraction of sp³-hybridized carbons (Fsp3) is 1.00.